The van der Waals surface area contributed by atoms with E-state index in [2.05, 4.69) is 20.5 Å². The molecule has 0 bridgehead atoms. The van der Waals surface area contributed by atoms with Gasteiger partial charge in [-0.2, -0.15) is 0 Å². The Morgan fingerprint density at radius 3 is 2.62 bits per heavy atom. The molecule has 1 aromatic heterocycles. The molecule has 114 valence electrons. The highest BCUT2D eigenvalue weighted by Crippen LogP contribution is 2.42. The summed E-state index contributed by atoms with van der Waals surface area (Å²) in [6.07, 6.45) is 0.978. The Hall–Kier alpha value is -1.76. The number of nitrogens with zero attached hydrogens (tertiary/aromatic N) is 2. The standard InChI is InChI=1S/C14H18F2N4O/c15-14(16)7-10(8-14)13(21)19-12-2-1-11(9-18-12)20-5-3-17-4-6-20/h1-2,9-10,17H,3-8H2,(H,18,19,21). The zero-order valence-corrected chi connectivity index (χ0v) is 11.6. The average molecular weight is 296 g/mol. The van der Waals surface area contributed by atoms with Gasteiger partial charge >= 0.3 is 0 Å². The molecule has 0 atom stereocenters. The van der Waals surface area contributed by atoms with Gasteiger partial charge < -0.3 is 15.5 Å². The number of aromatic nitrogens is 1. The van der Waals surface area contributed by atoms with Crippen LogP contribution in [0.1, 0.15) is 12.8 Å². The van der Waals surface area contributed by atoms with Gasteiger partial charge in [0.05, 0.1) is 11.9 Å². The van der Waals surface area contributed by atoms with Crippen molar-refractivity contribution in [3.05, 3.63) is 18.3 Å². The molecule has 1 saturated heterocycles. The first-order valence-electron chi connectivity index (χ1n) is 7.14. The van der Waals surface area contributed by atoms with E-state index < -0.39 is 11.8 Å². The van der Waals surface area contributed by atoms with Crippen molar-refractivity contribution in [2.45, 2.75) is 18.8 Å². The van der Waals surface area contributed by atoms with Crippen LogP contribution in [0.2, 0.25) is 0 Å². The third-order valence-corrected chi connectivity index (χ3v) is 3.94. The van der Waals surface area contributed by atoms with Crippen molar-refractivity contribution in [1.29, 1.82) is 0 Å². The van der Waals surface area contributed by atoms with E-state index in [1.165, 1.54) is 0 Å². The van der Waals surface area contributed by atoms with E-state index in [0.29, 0.717) is 5.82 Å². The summed E-state index contributed by atoms with van der Waals surface area (Å²) in [7, 11) is 0. The molecule has 3 rings (SSSR count). The molecular formula is C14H18F2N4O. The van der Waals surface area contributed by atoms with Crippen molar-refractivity contribution < 1.29 is 13.6 Å². The van der Waals surface area contributed by atoms with Gasteiger partial charge in [-0.15, -0.1) is 0 Å². The molecule has 7 heteroatoms. The molecule has 2 heterocycles. The van der Waals surface area contributed by atoms with Gasteiger partial charge in [-0.1, -0.05) is 0 Å². The Labute approximate surface area is 121 Å². The number of hydrogen-bond acceptors (Lipinski definition) is 4. The Kier molecular flexibility index (Phi) is 3.75. The maximum atomic E-state index is 12.7. The second-order valence-corrected chi connectivity index (χ2v) is 5.59. The maximum absolute atomic E-state index is 12.7. The van der Waals surface area contributed by atoms with Crippen LogP contribution in [0, 0.1) is 5.92 Å². The molecule has 0 spiro atoms. The highest BCUT2D eigenvalue weighted by atomic mass is 19.3. The van der Waals surface area contributed by atoms with Gasteiger partial charge in [-0.25, -0.2) is 13.8 Å². The maximum Gasteiger partial charge on any atom is 0.249 e. The van der Waals surface area contributed by atoms with E-state index in [1.807, 2.05) is 6.07 Å². The number of rotatable bonds is 3. The molecular weight excluding hydrogens is 278 g/mol. The molecule has 0 unspecified atom stereocenters. The van der Waals surface area contributed by atoms with Crippen LogP contribution in [0.5, 0.6) is 0 Å². The summed E-state index contributed by atoms with van der Waals surface area (Å²) in [6, 6.07) is 3.61. The highest BCUT2D eigenvalue weighted by Gasteiger charge is 2.48. The number of anilines is 2. The number of carbonyl (C=O) groups excluding carboxylic acids is 1. The van der Waals surface area contributed by atoms with Crippen molar-refractivity contribution in [2.24, 2.45) is 5.92 Å². The molecule has 0 radical (unpaired) electrons. The zero-order valence-electron chi connectivity index (χ0n) is 11.6. The van der Waals surface area contributed by atoms with Crippen LogP contribution in [0.25, 0.3) is 0 Å². The van der Waals surface area contributed by atoms with Gasteiger partial charge in [-0.3, -0.25) is 4.79 Å². The summed E-state index contributed by atoms with van der Waals surface area (Å²) in [4.78, 5) is 18.2. The third kappa shape index (κ3) is 3.29. The molecule has 21 heavy (non-hydrogen) atoms. The number of halogens is 2. The predicted molar refractivity (Wildman–Crippen MR) is 75.6 cm³/mol. The Morgan fingerprint density at radius 1 is 1.33 bits per heavy atom. The second kappa shape index (κ2) is 5.55. The summed E-state index contributed by atoms with van der Waals surface area (Å²) in [6.45, 7) is 3.72. The molecule has 1 saturated carbocycles. The Balaban J connectivity index is 1.56. The minimum absolute atomic E-state index is 0.363. The SMILES string of the molecule is O=C(Nc1ccc(N2CCNCC2)cn1)C1CC(F)(F)C1. The summed E-state index contributed by atoms with van der Waals surface area (Å²) in [5, 5.41) is 5.87. The van der Waals surface area contributed by atoms with Crippen LogP contribution in [0.3, 0.4) is 0 Å². The van der Waals surface area contributed by atoms with E-state index >= 15 is 0 Å². The minimum Gasteiger partial charge on any atom is -0.368 e. The first-order valence-corrected chi connectivity index (χ1v) is 7.14. The fraction of sp³-hybridized carbons (Fsp3) is 0.571. The quantitative estimate of drug-likeness (QED) is 0.887. The lowest BCUT2D eigenvalue weighted by molar-refractivity contribution is -0.145. The molecule has 5 nitrogen and oxygen atoms in total. The third-order valence-electron chi connectivity index (χ3n) is 3.94. The van der Waals surface area contributed by atoms with Crippen LogP contribution in [-0.4, -0.2) is 43.0 Å². The van der Waals surface area contributed by atoms with Crippen LogP contribution in [0.4, 0.5) is 20.3 Å². The summed E-state index contributed by atoms with van der Waals surface area (Å²) in [5.74, 6) is -3.24. The summed E-state index contributed by atoms with van der Waals surface area (Å²) >= 11 is 0. The largest absolute Gasteiger partial charge is 0.368 e. The molecule has 1 aliphatic carbocycles. The number of pyridine rings is 1. The molecule has 0 aromatic carbocycles. The zero-order chi connectivity index (χ0) is 14.9. The Bertz CT molecular complexity index is 506. The number of amides is 1. The van der Waals surface area contributed by atoms with E-state index in [4.69, 9.17) is 0 Å². The predicted octanol–water partition coefficient (Wildman–Crippen LogP) is 1.47. The Morgan fingerprint density at radius 2 is 2.05 bits per heavy atom. The monoisotopic (exact) mass is 296 g/mol. The van der Waals surface area contributed by atoms with Crippen molar-refractivity contribution in [3.63, 3.8) is 0 Å². The van der Waals surface area contributed by atoms with Crippen molar-refractivity contribution in [3.8, 4) is 0 Å². The number of nitrogens with one attached hydrogen (secondary N) is 2. The second-order valence-electron chi connectivity index (χ2n) is 5.59. The van der Waals surface area contributed by atoms with Crippen LogP contribution < -0.4 is 15.5 Å². The smallest absolute Gasteiger partial charge is 0.249 e. The van der Waals surface area contributed by atoms with E-state index in [1.54, 1.807) is 12.3 Å². The lowest BCUT2D eigenvalue weighted by Gasteiger charge is -2.33. The van der Waals surface area contributed by atoms with E-state index in [0.717, 1.165) is 31.9 Å². The fourth-order valence-corrected chi connectivity index (χ4v) is 2.64. The molecule has 1 aromatic rings. The lowest BCUT2D eigenvalue weighted by Crippen LogP contribution is -2.43. The normalized spacial score (nSPS) is 21.7. The van der Waals surface area contributed by atoms with E-state index in [9.17, 15) is 13.6 Å². The van der Waals surface area contributed by atoms with Gasteiger partial charge in [-0.05, 0) is 12.1 Å². The van der Waals surface area contributed by atoms with E-state index in [-0.39, 0.29) is 18.7 Å². The van der Waals surface area contributed by atoms with Gasteiger partial charge in [0, 0.05) is 44.9 Å². The first-order chi connectivity index (χ1) is 10.0. The van der Waals surface area contributed by atoms with Gasteiger partial charge in [0.25, 0.3) is 0 Å². The van der Waals surface area contributed by atoms with Crippen LogP contribution in [0.15, 0.2) is 18.3 Å². The first kappa shape index (κ1) is 14.2. The molecule has 1 amide bonds. The number of carbonyl (C=O) groups is 1. The van der Waals surface area contributed by atoms with Crippen molar-refractivity contribution in [2.75, 3.05) is 36.4 Å². The fourth-order valence-electron chi connectivity index (χ4n) is 2.64. The molecule has 2 aliphatic rings. The summed E-state index contributed by atoms with van der Waals surface area (Å²) < 4.78 is 25.5. The number of piperazine rings is 1. The average Bonchev–Trinajstić information content (AvgIpc) is 2.46. The van der Waals surface area contributed by atoms with Gasteiger partial charge in [0.2, 0.25) is 11.8 Å². The number of alkyl halides is 2. The van der Waals surface area contributed by atoms with Crippen LogP contribution in [-0.2, 0) is 4.79 Å². The number of hydrogen-bond donors (Lipinski definition) is 2. The molecule has 2 N–H and O–H groups in total. The van der Waals surface area contributed by atoms with Crippen molar-refractivity contribution >= 4 is 17.4 Å². The topological polar surface area (TPSA) is 57.3 Å². The van der Waals surface area contributed by atoms with Gasteiger partial charge in [0.15, 0.2) is 0 Å². The molecule has 2 fully saturated rings. The van der Waals surface area contributed by atoms with Crippen molar-refractivity contribution in [1.82, 2.24) is 10.3 Å². The van der Waals surface area contributed by atoms with Crippen LogP contribution >= 0.6 is 0 Å². The minimum atomic E-state index is -2.68. The van der Waals surface area contributed by atoms with Gasteiger partial charge in [0.1, 0.15) is 5.82 Å². The lowest BCUT2D eigenvalue weighted by atomic mass is 9.81. The highest BCUT2D eigenvalue weighted by molar-refractivity contribution is 5.92. The molecule has 1 aliphatic heterocycles. The summed E-state index contributed by atoms with van der Waals surface area (Å²) in [5.41, 5.74) is 1.00.